The van der Waals surface area contributed by atoms with Crippen molar-refractivity contribution in [3.05, 3.63) is 59.4 Å². The molecule has 1 saturated heterocycles. The SMILES string of the molecule is CCc1ccc(Cn2cccc2C2O[C@H](CO)[C@@H](O)C(O)[C@H]2O)cc1. The van der Waals surface area contributed by atoms with E-state index in [4.69, 9.17) is 4.74 Å². The van der Waals surface area contributed by atoms with Crippen molar-refractivity contribution in [1.82, 2.24) is 4.57 Å². The first kappa shape index (κ1) is 18.1. The van der Waals surface area contributed by atoms with Crippen LogP contribution in [0.2, 0.25) is 0 Å². The molecule has 1 aliphatic rings. The number of hydrogen-bond acceptors (Lipinski definition) is 5. The molecule has 5 atom stereocenters. The van der Waals surface area contributed by atoms with Crippen LogP contribution in [0.5, 0.6) is 0 Å². The fraction of sp³-hybridized carbons (Fsp3) is 0.474. The summed E-state index contributed by atoms with van der Waals surface area (Å²) in [5, 5.41) is 39.6. The smallest absolute Gasteiger partial charge is 0.126 e. The number of aliphatic hydroxyl groups is 4. The van der Waals surface area contributed by atoms with Gasteiger partial charge in [-0.3, -0.25) is 0 Å². The van der Waals surface area contributed by atoms with Gasteiger partial charge in [-0.25, -0.2) is 0 Å². The van der Waals surface area contributed by atoms with Gasteiger partial charge in [0.15, 0.2) is 0 Å². The maximum Gasteiger partial charge on any atom is 0.126 e. The van der Waals surface area contributed by atoms with Crippen LogP contribution in [0.1, 0.15) is 29.8 Å². The number of nitrogens with zero attached hydrogens (tertiary/aromatic N) is 1. The summed E-state index contributed by atoms with van der Waals surface area (Å²) in [7, 11) is 0. The van der Waals surface area contributed by atoms with Crippen LogP contribution >= 0.6 is 0 Å². The zero-order chi connectivity index (χ0) is 18.0. The van der Waals surface area contributed by atoms with Crippen LogP contribution in [0.3, 0.4) is 0 Å². The van der Waals surface area contributed by atoms with Crippen LogP contribution < -0.4 is 0 Å². The first-order chi connectivity index (χ1) is 12.0. The third-order valence-corrected chi connectivity index (χ3v) is 4.83. The standard InChI is InChI=1S/C19H25NO5/c1-2-12-5-7-13(8-6-12)10-20-9-3-4-14(20)19-18(24)17(23)16(22)15(11-21)25-19/h3-9,15-19,21-24H,2,10-11H2,1H3/t15-,16-,17?,18-,19?/m1/s1. The Morgan fingerprint density at radius 2 is 1.64 bits per heavy atom. The van der Waals surface area contributed by atoms with Gasteiger partial charge in [0.05, 0.1) is 6.61 Å². The lowest BCUT2D eigenvalue weighted by Crippen LogP contribution is -2.55. The van der Waals surface area contributed by atoms with E-state index in [0.717, 1.165) is 12.0 Å². The molecule has 6 heteroatoms. The Kier molecular flexibility index (Phi) is 5.56. The zero-order valence-electron chi connectivity index (χ0n) is 14.2. The van der Waals surface area contributed by atoms with Gasteiger partial charge in [0.2, 0.25) is 0 Å². The zero-order valence-corrected chi connectivity index (χ0v) is 14.2. The lowest BCUT2D eigenvalue weighted by atomic mass is 9.93. The summed E-state index contributed by atoms with van der Waals surface area (Å²) in [6.07, 6.45) is -2.85. The molecule has 2 aromatic rings. The Hall–Kier alpha value is -1.70. The quantitative estimate of drug-likeness (QED) is 0.636. The van der Waals surface area contributed by atoms with Crippen molar-refractivity contribution in [3.8, 4) is 0 Å². The Labute approximate surface area is 146 Å². The van der Waals surface area contributed by atoms with Gasteiger partial charge in [0.25, 0.3) is 0 Å². The van der Waals surface area contributed by atoms with Crippen LogP contribution in [0.25, 0.3) is 0 Å². The molecule has 0 bridgehead atoms. The molecule has 0 amide bonds. The van der Waals surface area contributed by atoms with Crippen molar-refractivity contribution in [1.29, 1.82) is 0 Å². The maximum atomic E-state index is 10.3. The van der Waals surface area contributed by atoms with Gasteiger partial charge in [-0.15, -0.1) is 0 Å². The largest absolute Gasteiger partial charge is 0.394 e. The van der Waals surface area contributed by atoms with Gasteiger partial charge < -0.3 is 29.7 Å². The molecule has 0 radical (unpaired) electrons. The van der Waals surface area contributed by atoms with Gasteiger partial charge in [-0.1, -0.05) is 31.2 Å². The van der Waals surface area contributed by atoms with E-state index in [9.17, 15) is 20.4 Å². The molecule has 0 spiro atoms. The van der Waals surface area contributed by atoms with Crippen molar-refractivity contribution in [3.63, 3.8) is 0 Å². The number of benzene rings is 1. The van der Waals surface area contributed by atoms with E-state index < -0.39 is 37.1 Å². The van der Waals surface area contributed by atoms with Gasteiger partial charge in [0, 0.05) is 18.4 Å². The van der Waals surface area contributed by atoms with Gasteiger partial charge in [-0.05, 0) is 29.7 Å². The normalized spacial score (nSPS) is 29.7. The number of hydrogen-bond donors (Lipinski definition) is 4. The summed E-state index contributed by atoms with van der Waals surface area (Å²) in [4.78, 5) is 0. The first-order valence-corrected chi connectivity index (χ1v) is 8.58. The molecule has 1 aromatic carbocycles. The van der Waals surface area contributed by atoms with E-state index >= 15 is 0 Å². The van der Waals surface area contributed by atoms with Crippen molar-refractivity contribution < 1.29 is 25.2 Å². The molecule has 2 unspecified atom stereocenters. The second-order valence-electron chi connectivity index (χ2n) is 6.48. The Morgan fingerprint density at radius 3 is 2.28 bits per heavy atom. The molecule has 1 fully saturated rings. The molecular formula is C19H25NO5. The molecule has 0 saturated carbocycles. The van der Waals surface area contributed by atoms with Crippen LogP contribution in [0.4, 0.5) is 0 Å². The van der Waals surface area contributed by atoms with E-state index in [-0.39, 0.29) is 0 Å². The minimum absolute atomic E-state index is 0.430. The molecule has 0 aliphatic carbocycles. The van der Waals surface area contributed by atoms with Crippen LogP contribution in [-0.4, -0.2) is 56.0 Å². The molecule has 4 N–H and O–H groups in total. The highest BCUT2D eigenvalue weighted by Crippen LogP contribution is 2.32. The fourth-order valence-electron chi connectivity index (χ4n) is 3.25. The fourth-order valence-corrected chi connectivity index (χ4v) is 3.25. The predicted octanol–water partition coefficient (Wildman–Crippen LogP) is 0.614. The molecule has 2 heterocycles. The molecular weight excluding hydrogens is 322 g/mol. The summed E-state index contributed by atoms with van der Waals surface area (Å²) < 4.78 is 7.60. The van der Waals surface area contributed by atoms with E-state index in [0.29, 0.717) is 12.2 Å². The summed E-state index contributed by atoms with van der Waals surface area (Å²) in [5.41, 5.74) is 3.07. The summed E-state index contributed by atoms with van der Waals surface area (Å²) in [5.74, 6) is 0. The second kappa shape index (κ2) is 7.68. The van der Waals surface area contributed by atoms with E-state index in [2.05, 4.69) is 31.2 Å². The molecule has 25 heavy (non-hydrogen) atoms. The van der Waals surface area contributed by atoms with Crippen molar-refractivity contribution >= 4 is 0 Å². The molecule has 1 aromatic heterocycles. The number of ether oxygens (including phenoxy) is 1. The number of aryl methyl sites for hydroxylation is 1. The average Bonchev–Trinajstić information content (AvgIpc) is 3.08. The Bertz CT molecular complexity index is 681. The minimum Gasteiger partial charge on any atom is -0.394 e. The lowest BCUT2D eigenvalue weighted by molar-refractivity contribution is -0.233. The first-order valence-electron chi connectivity index (χ1n) is 8.58. The monoisotopic (exact) mass is 347 g/mol. The highest BCUT2D eigenvalue weighted by atomic mass is 16.5. The summed E-state index contributed by atoms with van der Waals surface area (Å²) >= 11 is 0. The third-order valence-electron chi connectivity index (χ3n) is 4.83. The van der Waals surface area contributed by atoms with Gasteiger partial charge >= 0.3 is 0 Å². The predicted molar refractivity (Wildman–Crippen MR) is 92.1 cm³/mol. The third kappa shape index (κ3) is 3.63. The van der Waals surface area contributed by atoms with Crippen LogP contribution in [0.15, 0.2) is 42.6 Å². The lowest BCUT2D eigenvalue weighted by Gasteiger charge is -2.40. The average molecular weight is 347 g/mol. The molecule has 3 rings (SSSR count). The number of aromatic nitrogens is 1. The van der Waals surface area contributed by atoms with E-state index in [1.807, 2.05) is 22.9 Å². The number of rotatable bonds is 5. The maximum absolute atomic E-state index is 10.3. The highest BCUT2D eigenvalue weighted by Gasteiger charge is 2.44. The summed E-state index contributed by atoms with van der Waals surface area (Å²) in [6.45, 7) is 2.28. The Morgan fingerprint density at radius 1 is 0.960 bits per heavy atom. The van der Waals surface area contributed by atoms with Crippen molar-refractivity contribution in [2.45, 2.75) is 50.4 Å². The van der Waals surface area contributed by atoms with Crippen LogP contribution in [-0.2, 0) is 17.7 Å². The van der Waals surface area contributed by atoms with Crippen molar-refractivity contribution in [2.24, 2.45) is 0 Å². The summed E-state index contributed by atoms with van der Waals surface area (Å²) in [6, 6.07) is 12.0. The van der Waals surface area contributed by atoms with E-state index in [1.165, 1.54) is 5.56 Å². The second-order valence-corrected chi connectivity index (χ2v) is 6.48. The van der Waals surface area contributed by atoms with Crippen molar-refractivity contribution in [2.75, 3.05) is 6.61 Å². The molecule has 136 valence electrons. The van der Waals surface area contributed by atoms with Gasteiger partial charge in [-0.2, -0.15) is 0 Å². The topological polar surface area (TPSA) is 95.1 Å². The molecule has 1 aliphatic heterocycles. The highest BCUT2D eigenvalue weighted by molar-refractivity contribution is 5.24. The Balaban J connectivity index is 1.82. The molecule has 6 nitrogen and oxygen atoms in total. The van der Waals surface area contributed by atoms with Crippen LogP contribution in [0, 0.1) is 0 Å². The van der Waals surface area contributed by atoms with E-state index in [1.54, 1.807) is 0 Å². The van der Waals surface area contributed by atoms with Gasteiger partial charge in [0.1, 0.15) is 30.5 Å². The number of aliphatic hydroxyl groups excluding tert-OH is 4. The minimum atomic E-state index is -1.37.